The first-order valence-corrected chi connectivity index (χ1v) is 8.45. The summed E-state index contributed by atoms with van der Waals surface area (Å²) in [5.74, 6) is 3.54. The molecule has 0 amide bonds. The molecule has 1 heterocycles. The topological polar surface area (TPSA) is 49.8 Å². The third-order valence-electron chi connectivity index (χ3n) is 4.17. The third kappa shape index (κ3) is 4.87. The summed E-state index contributed by atoms with van der Waals surface area (Å²) in [4.78, 5) is 9.31. The second kappa shape index (κ2) is 8.85. The van der Waals surface area contributed by atoms with Gasteiger partial charge in [0.1, 0.15) is 17.5 Å². The molecule has 1 unspecified atom stereocenters. The van der Waals surface area contributed by atoms with Crippen LogP contribution in [0.2, 0.25) is 0 Å². The van der Waals surface area contributed by atoms with Gasteiger partial charge in [-0.3, -0.25) is 0 Å². The SMILES string of the molecule is CCCNc1nc(CC)nc(NC(C)C(CC)CC)c1C. The van der Waals surface area contributed by atoms with Crippen molar-refractivity contribution in [3.63, 3.8) is 0 Å². The van der Waals surface area contributed by atoms with Crippen molar-refractivity contribution in [2.45, 2.75) is 73.3 Å². The van der Waals surface area contributed by atoms with Crippen molar-refractivity contribution in [3.05, 3.63) is 11.4 Å². The van der Waals surface area contributed by atoms with Gasteiger partial charge in [-0.2, -0.15) is 0 Å². The summed E-state index contributed by atoms with van der Waals surface area (Å²) in [6.45, 7) is 14.1. The molecule has 0 aliphatic rings. The largest absolute Gasteiger partial charge is 0.370 e. The molecule has 1 atom stereocenters. The summed E-state index contributed by atoms with van der Waals surface area (Å²) < 4.78 is 0. The molecule has 1 rings (SSSR count). The van der Waals surface area contributed by atoms with Crippen LogP contribution in [0.15, 0.2) is 0 Å². The minimum atomic E-state index is 0.428. The molecule has 1 aromatic rings. The van der Waals surface area contributed by atoms with Crippen LogP contribution in [0.3, 0.4) is 0 Å². The summed E-state index contributed by atoms with van der Waals surface area (Å²) >= 11 is 0. The lowest BCUT2D eigenvalue weighted by Crippen LogP contribution is -2.26. The highest BCUT2D eigenvalue weighted by Gasteiger charge is 2.17. The number of nitrogens with zero attached hydrogens (tertiary/aromatic N) is 2. The Bertz CT molecular complexity index is 427. The van der Waals surface area contributed by atoms with Gasteiger partial charge in [0, 0.05) is 24.6 Å². The standard InChI is InChI=1S/C17H32N4/c1-7-11-18-16-12(5)17(21-15(10-4)20-16)19-13(6)14(8-2)9-3/h13-14H,7-11H2,1-6H3,(H2,18,19,20,21). The lowest BCUT2D eigenvalue weighted by atomic mass is 9.95. The molecule has 0 radical (unpaired) electrons. The zero-order valence-electron chi connectivity index (χ0n) is 14.6. The van der Waals surface area contributed by atoms with Crippen molar-refractivity contribution < 1.29 is 0 Å². The maximum Gasteiger partial charge on any atom is 0.134 e. The second-order valence-corrected chi connectivity index (χ2v) is 5.75. The molecule has 0 spiro atoms. The number of hydrogen-bond acceptors (Lipinski definition) is 4. The van der Waals surface area contributed by atoms with E-state index in [1.54, 1.807) is 0 Å². The maximum atomic E-state index is 4.69. The first-order chi connectivity index (χ1) is 10.1. The van der Waals surface area contributed by atoms with Gasteiger partial charge in [0.25, 0.3) is 0 Å². The van der Waals surface area contributed by atoms with Crippen LogP contribution in [-0.2, 0) is 6.42 Å². The van der Waals surface area contributed by atoms with E-state index in [9.17, 15) is 0 Å². The zero-order chi connectivity index (χ0) is 15.8. The molecule has 4 heteroatoms. The third-order valence-corrected chi connectivity index (χ3v) is 4.17. The van der Waals surface area contributed by atoms with Crippen LogP contribution in [0.4, 0.5) is 11.6 Å². The Hall–Kier alpha value is -1.32. The number of rotatable bonds is 9. The summed E-state index contributed by atoms with van der Waals surface area (Å²) in [6.07, 6.45) is 4.33. The molecule has 0 aromatic carbocycles. The molecule has 0 saturated carbocycles. The van der Waals surface area contributed by atoms with Crippen molar-refractivity contribution in [1.29, 1.82) is 0 Å². The minimum absolute atomic E-state index is 0.428. The van der Waals surface area contributed by atoms with E-state index in [4.69, 9.17) is 0 Å². The van der Waals surface area contributed by atoms with E-state index < -0.39 is 0 Å². The van der Waals surface area contributed by atoms with E-state index in [0.717, 1.165) is 42.4 Å². The van der Waals surface area contributed by atoms with Crippen molar-refractivity contribution in [2.24, 2.45) is 5.92 Å². The monoisotopic (exact) mass is 292 g/mol. The Balaban J connectivity index is 2.99. The van der Waals surface area contributed by atoms with Gasteiger partial charge in [-0.1, -0.05) is 40.5 Å². The summed E-state index contributed by atoms with van der Waals surface area (Å²) in [6, 6.07) is 0.428. The maximum absolute atomic E-state index is 4.69. The Morgan fingerprint density at radius 3 is 2.14 bits per heavy atom. The molecule has 4 nitrogen and oxygen atoms in total. The van der Waals surface area contributed by atoms with Gasteiger partial charge in [-0.15, -0.1) is 0 Å². The van der Waals surface area contributed by atoms with E-state index >= 15 is 0 Å². The van der Waals surface area contributed by atoms with Gasteiger partial charge in [0.15, 0.2) is 0 Å². The highest BCUT2D eigenvalue weighted by atomic mass is 15.1. The predicted octanol–water partition coefficient (Wildman–Crippen LogP) is 4.41. The van der Waals surface area contributed by atoms with Gasteiger partial charge < -0.3 is 10.6 Å². The Labute approximate surface area is 130 Å². The molecule has 0 fully saturated rings. The van der Waals surface area contributed by atoms with Gasteiger partial charge in [0.05, 0.1) is 0 Å². The van der Waals surface area contributed by atoms with Crippen molar-refractivity contribution >= 4 is 11.6 Å². The fourth-order valence-corrected chi connectivity index (χ4v) is 2.61. The van der Waals surface area contributed by atoms with Crippen LogP contribution in [0, 0.1) is 12.8 Å². The van der Waals surface area contributed by atoms with Crippen LogP contribution >= 0.6 is 0 Å². The van der Waals surface area contributed by atoms with E-state index in [-0.39, 0.29) is 0 Å². The van der Waals surface area contributed by atoms with Crippen LogP contribution < -0.4 is 10.6 Å². The van der Waals surface area contributed by atoms with Crippen molar-refractivity contribution in [3.8, 4) is 0 Å². The van der Waals surface area contributed by atoms with Crippen LogP contribution in [-0.4, -0.2) is 22.6 Å². The fourth-order valence-electron chi connectivity index (χ4n) is 2.61. The highest BCUT2D eigenvalue weighted by Crippen LogP contribution is 2.23. The molecule has 0 aliphatic carbocycles. The van der Waals surface area contributed by atoms with E-state index in [1.807, 2.05) is 0 Å². The van der Waals surface area contributed by atoms with Gasteiger partial charge in [-0.25, -0.2) is 9.97 Å². The van der Waals surface area contributed by atoms with Crippen LogP contribution in [0.5, 0.6) is 0 Å². The first-order valence-electron chi connectivity index (χ1n) is 8.45. The van der Waals surface area contributed by atoms with Gasteiger partial charge >= 0.3 is 0 Å². The molecule has 1 aromatic heterocycles. The summed E-state index contributed by atoms with van der Waals surface area (Å²) in [5.41, 5.74) is 1.12. The van der Waals surface area contributed by atoms with Crippen LogP contribution in [0.25, 0.3) is 0 Å². The average molecular weight is 292 g/mol. The first kappa shape index (κ1) is 17.7. The minimum Gasteiger partial charge on any atom is -0.370 e. The lowest BCUT2D eigenvalue weighted by molar-refractivity contribution is 0.437. The second-order valence-electron chi connectivity index (χ2n) is 5.75. The van der Waals surface area contributed by atoms with Crippen molar-refractivity contribution in [2.75, 3.05) is 17.2 Å². The molecular formula is C17H32N4. The Kier molecular flexibility index (Phi) is 7.48. The number of nitrogens with one attached hydrogen (secondary N) is 2. The average Bonchev–Trinajstić information content (AvgIpc) is 2.49. The van der Waals surface area contributed by atoms with E-state index in [0.29, 0.717) is 12.0 Å². The summed E-state index contributed by atoms with van der Waals surface area (Å²) in [5, 5.41) is 7.03. The van der Waals surface area contributed by atoms with E-state index in [1.165, 1.54) is 12.8 Å². The van der Waals surface area contributed by atoms with Gasteiger partial charge in [-0.05, 0) is 26.2 Å². The molecular weight excluding hydrogens is 260 g/mol. The predicted molar refractivity (Wildman–Crippen MR) is 92.1 cm³/mol. The molecule has 21 heavy (non-hydrogen) atoms. The van der Waals surface area contributed by atoms with E-state index in [2.05, 4.69) is 62.1 Å². The normalized spacial score (nSPS) is 12.5. The molecule has 0 bridgehead atoms. The zero-order valence-corrected chi connectivity index (χ0v) is 14.6. The smallest absolute Gasteiger partial charge is 0.134 e. The summed E-state index contributed by atoms with van der Waals surface area (Å²) in [7, 11) is 0. The fraction of sp³-hybridized carbons (Fsp3) is 0.765. The Morgan fingerprint density at radius 2 is 1.62 bits per heavy atom. The number of aryl methyl sites for hydroxylation is 1. The van der Waals surface area contributed by atoms with Gasteiger partial charge in [0.2, 0.25) is 0 Å². The quantitative estimate of drug-likeness (QED) is 0.708. The molecule has 2 N–H and O–H groups in total. The lowest BCUT2D eigenvalue weighted by Gasteiger charge is -2.24. The number of aromatic nitrogens is 2. The Morgan fingerprint density at radius 1 is 1.00 bits per heavy atom. The number of anilines is 2. The molecule has 120 valence electrons. The number of hydrogen-bond donors (Lipinski definition) is 2. The highest BCUT2D eigenvalue weighted by molar-refractivity contribution is 5.57. The van der Waals surface area contributed by atoms with Crippen molar-refractivity contribution in [1.82, 2.24) is 9.97 Å². The van der Waals surface area contributed by atoms with Crippen LogP contribution in [0.1, 0.15) is 65.3 Å². The molecule has 0 saturated heterocycles. The molecule has 0 aliphatic heterocycles.